The molecular formula is C22H19N3O2S. The topological polar surface area (TPSA) is 78.0 Å². The van der Waals surface area contributed by atoms with Crippen LogP contribution in [0, 0.1) is 6.92 Å². The number of thiophene rings is 1. The number of aromatic nitrogens is 2. The highest BCUT2D eigenvalue weighted by Gasteiger charge is 2.18. The molecule has 0 aliphatic heterocycles. The molecule has 0 bridgehead atoms. The highest BCUT2D eigenvalue weighted by atomic mass is 32.1. The Labute approximate surface area is 166 Å². The van der Waals surface area contributed by atoms with E-state index in [4.69, 9.17) is 10.7 Å². The molecule has 6 heteroatoms. The molecule has 0 spiro atoms. The van der Waals surface area contributed by atoms with Gasteiger partial charge in [0, 0.05) is 29.5 Å². The third-order valence-electron chi connectivity index (χ3n) is 4.67. The molecular weight excluding hydrogens is 370 g/mol. The van der Waals surface area contributed by atoms with Crippen molar-refractivity contribution in [3.63, 3.8) is 0 Å². The van der Waals surface area contributed by atoms with E-state index in [-0.39, 0.29) is 18.5 Å². The number of carbonyl (C=O) groups excluding carboxylic acids is 1. The molecule has 0 radical (unpaired) electrons. The molecule has 2 heterocycles. The molecule has 2 aromatic heterocycles. The lowest BCUT2D eigenvalue weighted by Crippen LogP contribution is -2.26. The van der Waals surface area contributed by atoms with Crippen molar-refractivity contribution in [1.29, 1.82) is 0 Å². The predicted molar refractivity (Wildman–Crippen MR) is 113 cm³/mol. The number of carbonyl (C=O) groups is 1. The van der Waals surface area contributed by atoms with Crippen LogP contribution in [0.1, 0.15) is 12.0 Å². The van der Waals surface area contributed by atoms with Gasteiger partial charge in [-0.2, -0.15) is 0 Å². The first-order valence-electron chi connectivity index (χ1n) is 8.97. The molecule has 0 aliphatic rings. The molecule has 2 N–H and O–H groups in total. The smallest absolute Gasteiger partial charge is 0.263 e. The first-order chi connectivity index (χ1) is 13.5. The fraction of sp³-hybridized carbons (Fsp3) is 0.136. The van der Waals surface area contributed by atoms with Gasteiger partial charge < -0.3 is 5.73 Å². The summed E-state index contributed by atoms with van der Waals surface area (Å²) in [6.45, 7) is 2.23. The Balaban J connectivity index is 1.96. The van der Waals surface area contributed by atoms with Crippen LogP contribution in [0.4, 0.5) is 0 Å². The highest BCUT2D eigenvalue weighted by Crippen LogP contribution is 2.32. The SMILES string of the molecule is Cc1ccc(-c2csc3nc(-c4ccccc4)n(CCC(N)=O)c(=O)c23)cc1. The minimum atomic E-state index is -0.449. The number of nitrogens with two attached hydrogens (primary N) is 1. The molecule has 2 aromatic carbocycles. The predicted octanol–water partition coefficient (Wildman–Crippen LogP) is 3.98. The average Bonchev–Trinajstić information content (AvgIpc) is 3.12. The van der Waals surface area contributed by atoms with Crippen LogP contribution >= 0.6 is 11.3 Å². The van der Waals surface area contributed by atoms with Crippen LogP contribution in [0.3, 0.4) is 0 Å². The van der Waals surface area contributed by atoms with E-state index >= 15 is 0 Å². The van der Waals surface area contributed by atoms with Gasteiger partial charge in [0.2, 0.25) is 5.91 Å². The van der Waals surface area contributed by atoms with Gasteiger partial charge in [-0.3, -0.25) is 14.2 Å². The summed E-state index contributed by atoms with van der Waals surface area (Å²) in [6.07, 6.45) is 0.0803. The van der Waals surface area contributed by atoms with E-state index in [0.717, 1.165) is 22.3 Å². The summed E-state index contributed by atoms with van der Waals surface area (Å²) < 4.78 is 1.56. The first-order valence-corrected chi connectivity index (χ1v) is 9.85. The van der Waals surface area contributed by atoms with Crippen molar-refractivity contribution in [3.05, 3.63) is 75.9 Å². The van der Waals surface area contributed by atoms with Crippen molar-refractivity contribution in [2.45, 2.75) is 19.9 Å². The van der Waals surface area contributed by atoms with E-state index in [2.05, 4.69) is 0 Å². The van der Waals surface area contributed by atoms with Crippen LogP contribution in [0.25, 0.3) is 32.7 Å². The summed E-state index contributed by atoms with van der Waals surface area (Å²) in [4.78, 5) is 30.3. The molecule has 0 saturated carbocycles. The van der Waals surface area contributed by atoms with Crippen molar-refractivity contribution in [2.75, 3.05) is 0 Å². The molecule has 4 aromatic rings. The van der Waals surface area contributed by atoms with Gasteiger partial charge in [-0.25, -0.2) is 4.98 Å². The van der Waals surface area contributed by atoms with E-state index in [9.17, 15) is 9.59 Å². The second kappa shape index (κ2) is 7.40. The molecule has 1 amide bonds. The summed E-state index contributed by atoms with van der Waals surface area (Å²) >= 11 is 1.45. The fourth-order valence-corrected chi connectivity index (χ4v) is 4.14. The Kier molecular flexibility index (Phi) is 4.79. The van der Waals surface area contributed by atoms with Crippen molar-refractivity contribution in [2.24, 2.45) is 5.73 Å². The lowest BCUT2D eigenvalue weighted by Gasteiger charge is -2.12. The maximum absolute atomic E-state index is 13.4. The van der Waals surface area contributed by atoms with Crippen LogP contribution in [-0.4, -0.2) is 15.5 Å². The number of fused-ring (bicyclic) bond motifs is 1. The number of hydrogen-bond acceptors (Lipinski definition) is 4. The van der Waals surface area contributed by atoms with Gasteiger partial charge in [0.1, 0.15) is 10.7 Å². The number of aryl methyl sites for hydroxylation is 1. The molecule has 0 atom stereocenters. The zero-order chi connectivity index (χ0) is 19.7. The van der Waals surface area contributed by atoms with Crippen molar-refractivity contribution >= 4 is 27.5 Å². The molecule has 140 valence electrons. The maximum Gasteiger partial charge on any atom is 0.263 e. The van der Waals surface area contributed by atoms with Gasteiger partial charge in [-0.1, -0.05) is 60.2 Å². The molecule has 0 fully saturated rings. The Morgan fingerprint density at radius 3 is 2.46 bits per heavy atom. The number of amides is 1. The van der Waals surface area contributed by atoms with E-state index in [1.807, 2.05) is 66.9 Å². The molecule has 0 saturated heterocycles. The average molecular weight is 389 g/mol. The third-order valence-corrected chi connectivity index (χ3v) is 5.54. The molecule has 5 nitrogen and oxygen atoms in total. The zero-order valence-corrected chi connectivity index (χ0v) is 16.2. The normalized spacial score (nSPS) is 11.0. The lowest BCUT2D eigenvalue weighted by atomic mass is 10.0. The number of nitrogens with zero attached hydrogens (tertiary/aromatic N) is 2. The summed E-state index contributed by atoms with van der Waals surface area (Å²) in [7, 11) is 0. The van der Waals surface area contributed by atoms with Crippen molar-refractivity contribution in [1.82, 2.24) is 9.55 Å². The van der Waals surface area contributed by atoms with E-state index in [1.165, 1.54) is 11.3 Å². The van der Waals surface area contributed by atoms with E-state index < -0.39 is 5.91 Å². The summed E-state index contributed by atoms with van der Waals surface area (Å²) in [5, 5.41) is 2.55. The Morgan fingerprint density at radius 1 is 1.07 bits per heavy atom. The molecule has 0 unspecified atom stereocenters. The van der Waals surface area contributed by atoms with Gasteiger partial charge in [0.15, 0.2) is 0 Å². The minimum absolute atomic E-state index is 0.0803. The van der Waals surface area contributed by atoms with Crippen LogP contribution in [0.2, 0.25) is 0 Å². The zero-order valence-electron chi connectivity index (χ0n) is 15.4. The van der Waals surface area contributed by atoms with Crippen LogP contribution < -0.4 is 11.3 Å². The maximum atomic E-state index is 13.4. The van der Waals surface area contributed by atoms with Gasteiger partial charge in [-0.15, -0.1) is 11.3 Å². The highest BCUT2D eigenvalue weighted by molar-refractivity contribution is 7.17. The second-order valence-corrected chi connectivity index (χ2v) is 7.53. The monoisotopic (exact) mass is 389 g/mol. The molecule has 4 rings (SSSR count). The number of hydrogen-bond donors (Lipinski definition) is 1. The largest absolute Gasteiger partial charge is 0.370 e. The summed E-state index contributed by atoms with van der Waals surface area (Å²) in [5.74, 6) is 0.103. The third kappa shape index (κ3) is 3.34. The molecule has 0 aliphatic carbocycles. The van der Waals surface area contributed by atoms with Gasteiger partial charge in [0.05, 0.1) is 5.39 Å². The quantitative estimate of drug-likeness (QED) is 0.561. The second-order valence-electron chi connectivity index (χ2n) is 6.67. The first kappa shape index (κ1) is 18.1. The standard InChI is InChI=1S/C22H19N3O2S/c1-14-7-9-15(10-8-14)17-13-28-21-19(17)22(27)25(12-11-18(23)26)20(24-21)16-5-3-2-4-6-16/h2-10,13H,11-12H2,1H3,(H2,23,26). The van der Waals surface area contributed by atoms with Gasteiger partial charge in [-0.05, 0) is 12.5 Å². The van der Waals surface area contributed by atoms with E-state index in [1.54, 1.807) is 4.57 Å². The van der Waals surface area contributed by atoms with E-state index in [0.29, 0.717) is 16.0 Å². The molecule has 28 heavy (non-hydrogen) atoms. The Hall–Kier alpha value is -3.25. The van der Waals surface area contributed by atoms with Crippen molar-refractivity contribution < 1.29 is 4.79 Å². The van der Waals surface area contributed by atoms with Crippen LogP contribution in [-0.2, 0) is 11.3 Å². The minimum Gasteiger partial charge on any atom is -0.370 e. The number of primary amides is 1. The van der Waals surface area contributed by atoms with Gasteiger partial charge >= 0.3 is 0 Å². The Bertz CT molecular complexity index is 1210. The lowest BCUT2D eigenvalue weighted by molar-refractivity contribution is -0.118. The Morgan fingerprint density at radius 2 is 1.79 bits per heavy atom. The fourth-order valence-electron chi connectivity index (χ4n) is 3.21. The van der Waals surface area contributed by atoms with Crippen LogP contribution in [0.15, 0.2) is 64.8 Å². The summed E-state index contributed by atoms with van der Waals surface area (Å²) in [6, 6.07) is 17.6. The number of benzene rings is 2. The van der Waals surface area contributed by atoms with Crippen molar-refractivity contribution in [3.8, 4) is 22.5 Å². The number of rotatable bonds is 5. The van der Waals surface area contributed by atoms with Gasteiger partial charge in [0.25, 0.3) is 5.56 Å². The van der Waals surface area contributed by atoms with Crippen LogP contribution in [0.5, 0.6) is 0 Å². The summed E-state index contributed by atoms with van der Waals surface area (Å²) in [5.41, 5.74) is 9.01.